The molecule has 1 spiro atoms. The molecule has 1 N–H and O–H groups in total. The molecule has 0 bridgehead atoms. The first kappa shape index (κ1) is 17.5. The van der Waals surface area contributed by atoms with Crippen LogP contribution in [-0.2, 0) is 6.42 Å². The van der Waals surface area contributed by atoms with Crippen LogP contribution in [0, 0.1) is 16.7 Å². The van der Waals surface area contributed by atoms with E-state index >= 15 is 0 Å². The molecule has 1 saturated carbocycles. The molecule has 4 heteroatoms. The third kappa shape index (κ3) is 3.16. The van der Waals surface area contributed by atoms with Crippen LogP contribution in [0.25, 0.3) is 5.70 Å². The number of benzene rings is 1. The van der Waals surface area contributed by atoms with E-state index in [0.717, 1.165) is 48.9 Å². The van der Waals surface area contributed by atoms with E-state index in [9.17, 15) is 10.1 Å². The highest BCUT2D eigenvalue weighted by Gasteiger charge is 2.42. The Labute approximate surface area is 150 Å². The Hall–Kier alpha value is -2.28. The van der Waals surface area contributed by atoms with Gasteiger partial charge >= 0.3 is 6.03 Å². The minimum absolute atomic E-state index is 0.104. The molecule has 1 aromatic rings. The summed E-state index contributed by atoms with van der Waals surface area (Å²) >= 11 is 0. The summed E-state index contributed by atoms with van der Waals surface area (Å²) in [5, 5.41) is 13.1. The molecule has 0 radical (unpaired) electrons. The lowest BCUT2D eigenvalue weighted by Gasteiger charge is -2.42. The topological polar surface area (TPSA) is 56.1 Å². The van der Waals surface area contributed by atoms with Gasteiger partial charge in [-0.1, -0.05) is 43.5 Å². The van der Waals surface area contributed by atoms with Crippen LogP contribution in [0.1, 0.15) is 57.1 Å². The van der Waals surface area contributed by atoms with Crippen molar-refractivity contribution in [3.8, 4) is 6.07 Å². The summed E-state index contributed by atoms with van der Waals surface area (Å²) < 4.78 is 0. The lowest BCUT2D eigenvalue weighted by Crippen LogP contribution is -2.42. The maximum atomic E-state index is 12.7. The molecule has 1 fully saturated rings. The number of hydrogen-bond donors (Lipinski definition) is 1. The number of fused-ring (bicyclic) bond motifs is 1. The van der Waals surface area contributed by atoms with Gasteiger partial charge in [0.15, 0.2) is 0 Å². The Morgan fingerprint density at radius 1 is 1.20 bits per heavy atom. The molecule has 2 aliphatic rings. The molecule has 0 saturated heterocycles. The van der Waals surface area contributed by atoms with Gasteiger partial charge in [0.05, 0.1) is 17.3 Å². The standard InChI is InChI=1S/C21H27N3O/c1-3-24(4-2)20(25)23-19-17-11-7-6-10-16(17)14-21(18(19)15-22)12-8-5-9-13-21/h6-7,10-11H,3-5,8-9,12-14H2,1-2H3,(H,23,25). The molecule has 25 heavy (non-hydrogen) atoms. The first-order valence-corrected chi connectivity index (χ1v) is 9.44. The average Bonchev–Trinajstić information content (AvgIpc) is 2.63. The molecule has 0 unspecified atom stereocenters. The minimum Gasteiger partial charge on any atom is -0.325 e. The number of nitrogens with zero attached hydrogens (tertiary/aromatic N) is 2. The molecule has 132 valence electrons. The molecule has 2 aliphatic carbocycles. The van der Waals surface area contributed by atoms with Gasteiger partial charge in [-0.2, -0.15) is 5.26 Å². The maximum absolute atomic E-state index is 12.7. The van der Waals surface area contributed by atoms with E-state index in [0.29, 0.717) is 13.1 Å². The van der Waals surface area contributed by atoms with Gasteiger partial charge in [-0.05, 0) is 38.7 Å². The zero-order chi connectivity index (χ0) is 17.9. The van der Waals surface area contributed by atoms with Crippen molar-refractivity contribution < 1.29 is 4.79 Å². The lowest BCUT2D eigenvalue weighted by molar-refractivity contribution is 0.207. The Morgan fingerprint density at radius 3 is 2.52 bits per heavy atom. The fraction of sp³-hybridized carbons (Fsp3) is 0.524. The van der Waals surface area contributed by atoms with Gasteiger partial charge in [-0.25, -0.2) is 4.79 Å². The Bertz CT molecular complexity index is 719. The quantitative estimate of drug-likeness (QED) is 0.884. The number of nitrogens with one attached hydrogen (secondary N) is 1. The van der Waals surface area contributed by atoms with Crippen molar-refractivity contribution in [1.82, 2.24) is 10.2 Å². The van der Waals surface area contributed by atoms with Gasteiger partial charge in [0.25, 0.3) is 0 Å². The highest BCUT2D eigenvalue weighted by atomic mass is 16.2. The van der Waals surface area contributed by atoms with E-state index in [-0.39, 0.29) is 11.4 Å². The van der Waals surface area contributed by atoms with Crippen molar-refractivity contribution in [3.63, 3.8) is 0 Å². The van der Waals surface area contributed by atoms with Crippen molar-refractivity contribution in [3.05, 3.63) is 41.0 Å². The van der Waals surface area contributed by atoms with Gasteiger partial charge in [0.2, 0.25) is 0 Å². The SMILES string of the molecule is CCN(CC)C(=O)NC1=C(C#N)C2(CCCCC2)Cc2ccccc21. The predicted molar refractivity (Wildman–Crippen MR) is 99.6 cm³/mol. The van der Waals surface area contributed by atoms with Crippen LogP contribution in [0.3, 0.4) is 0 Å². The fourth-order valence-electron chi connectivity index (χ4n) is 4.43. The van der Waals surface area contributed by atoms with Crippen molar-refractivity contribution >= 4 is 11.7 Å². The molecular formula is C21H27N3O. The highest BCUT2D eigenvalue weighted by molar-refractivity contribution is 5.89. The summed E-state index contributed by atoms with van der Waals surface area (Å²) in [5.41, 5.74) is 3.68. The number of urea groups is 1. The van der Waals surface area contributed by atoms with Crippen LogP contribution in [0.15, 0.2) is 29.8 Å². The average molecular weight is 337 g/mol. The van der Waals surface area contributed by atoms with Gasteiger partial charge < -0.3 is 10.2 Å². The van der Waals surface area contributed by atoms with Gasteiger partial charge in [-0.15, -0.1) is 0 Å². The van der Waals surface area contributed by atoms with Crippen LogP contribution in [-0.4, -0.2) is 24.0 Å². The number of hydrogen-bond acceptors (Lipinski definition) is 2. The summed E-state index contributed by atoms with van der Waals surface area (Å²) in [5.74, 6) is 0. The molecule has 0 aliphatic heterocycles. The van der Waals surface area contributed by atoms with Crippen LogP contribution in [0.2, 0.25) is 0 Å². The van der Waals surface area contributed by atoms with Crippen molar-refractivity contribution in [1.29, 1.82) is 5.26 Å². The van der Waals surface area contributed by atoms with Crippen LogP contribution >= 0.6 is 0 Å². The van der Waals surface area contributed by atoms with Crippen molar-refractivity contribution in [2.75, 3.05) is 13.1 Å². The third-order valence-corrected chi connectivity index (χ3v) is 5.80. The molecule has 4 nitrogen and oxygen atoms in total. The number of rotatable bonds is 3. The van der Waals surface area contributed by atoms with Crippen LogP contribution in [0.5, 0.6) is 0 Å². The van der Waals surface area contributed by atoms with E-state index in [1.165, 1.54) is 12.0 Å². The van der Waals surface area contributed by atoms with E-state index < -0.39 is 0 Å². The smallest absolute Gasteiger partial charge is 0.321 e. The number of carbonyl (C=O) groups is 1. The highest BCUT2D eigenvalue weighted by Crippen LogP contribution is 2.50. The summed E-state index contributed by atoms with van der Waals surface area (Å²) in [6.45, 7) is 5.26. The summed E-state index contributed by atoms with van der Waals surface area (Å²) in [4.78, 5) is 14.4. The summed E-state index contributed by atoms with van der Waals surface area (Å²) in [7, 11) is 0. The fourth-order valence-corrected chi connectivity index (χ4v) is 4.43. The van der Waals surface area contributed by atoms with E-state index in [2.05, 4.69) is 23.5 Å². The Balaban J connectivity index is 2.08. The van der Waals surface area contributed by atoms with Crippen molar-refractivity contribution in [2.24, 2.45) is 5.41 Å². The third-order valence-electron chi connectivity index (χ3n) is 5.80. The maximum Gasteiger partial charge on any atom is 0.321 e. The van der Waals surface area contributed by atoms with E-state index in [4.69, 9.17) is 0 Å². The van der Waals surface area contributed by atoms with Gasteiger partial charge in [-0.3, -0.25) is 0 Å². The predicted octanol–water partition coefficient (Wildman–Crippen LogP) is 4.48. The number of carbonyl (C=O) groups excluding carboxylic acids is 1. The summed E-state index contributed by atoms with van der Waals surface area (Å²) in [6.07, 6.45) is 6.54. The first-order valence-electron chi connectivity index (χ1n) is 9.44. The molecule has 1 aromatic carbocycles. The van der Waals surface area contributed by atoms with E-state index in [1.54, 1.807) is 4.90 Å². The minimum atomic E-state index is -0.115. The van der Waals surface area contributed by atoms with Crippen LogP contribution in [0.4, 0.5) is 4.79 Å². The monoisotopic (exact) mass is 337 g/mol. The van der Waals surface area contributed by atoms with Gasteiger partial charge in [0, 0.05) is 24.1 Å². The zero-order valence-corrected chi connectivity index (χ0v) is 15.3. The summed E-state index contributed by atoms with van der Waals surface area (Å²) in [6, 6.07) is 10.6. The second-order valence-electron chi connectivity index (χ2n) is 7.14. The lowest BCUT2D eigenvalue weighted by atomic mass is 9.62. The van der Waals surface area contributed by atoms with E-state index in [1.807, 2.05) is 26.0 Å². The molecule has 0 atom stereocenters. The Kier molecular flexibility index (Phi) is 5.13. The number of nitriles is 1. The number of allylic oxidation sites excluding steroid dienone is 1. The molecule has 3 rings (SSSR count). The first-order chi connectivity index (χ1) is 12.1. The van der Waals surface area contributed by atoms with Crippen LogP contribution < -0.4 is 5.32 Å². The second-order valence-corrected chi connectivity index (χ2v) is 7.14. The normalized spacial score (nSPS) is 18.4. The largest absolute Gasteiger partial charge is 0.325 e. The number of amides is 2. The zero-order valence-electron chi connectivity index (χ0n) is 15.3. The van der Waals surface area contributed by atoms with Gasteiger partial charge in [0.1, 0.15) is 0 Å². The molecule has 0 heterocycles. The molecule has 0 aromatic heterocycles. The van der Waals surface area contributed by atoms with Crippen molar-refractivity contribution in [2.45, 2.75) is 52.4 Å². The Morgan fingerprint density at radius 2 is 1.88 bits per heavy atom. The second kappa shape index (κ2) is 7.31. The molecular weight excluding hydrogens is 310 g/mol. The molecule has 2 amide bonds.